The predicted octanol–water partition coefficient (Wildman–Crippen LogP) is 2.47. The maximum Gasteiger partial charge on any atom is 0.256 e. The van der Waals surface area contributed by atoms with E-state index >= 15 is 0 Å². The summed E-state index contributed by atoms with van der Waals surface area (Å²) in [5.74, 6) is -0.186. The fraction of sp³-hybridized carbons (Fsp3) is 0. The molecule has 2 aromatic carbocycles. The number of nitrogens with one attached hydrogen (secondary N) is 2. The summed E-state index contributed by atoms with van der Waals surface area (Å²) < 4.78 is 0. The van der Waals surface area contributed by atoms with Crippen LogP contribution in [0, 0.1) is 0 Å². The monoisotopic (exact) mass is 239 g/mol. The van der Waals surface area contributed by atoms with Crippen molar-refractivity contribution in [2.45, 2.75) is 0 Å². The van der Waals surface area contributed by atoms with Crippen LogP contribution >= 0.6 is 0 Å². The minimum Gasteiger partial charge on any atom is -0.311 e. The first kappa shape index (κ1) is 11.9. The minimum atomic E-state index is -0.186. The van der Waals surface area contributed by atoms with Gasteiger partial charge in [0.15, 0.2) is 0 Å². The van der Waals surface area contributed by atoms with E-state index in [0.29, 0.717) is 5.56 Å². The van der Waals surface area contributed by atoms with Gasteiger partial charge in [-0.25, -0.2) is 0 Å². The molecule has 4 heteroatoms. The minimum absolute atomic E-state index is 0.186. The lowest BCUT2D eigenvalue weighted by Crippen LogP contribution is -2.21. The van der Waals surface area contributed by atoms with E-state index < -0.39 is 0 Å². The lowest BCUT2D eigenvalue weighted by molar-refractivity contribution is 0.0978. The molecule has 4 nitrogen and oxygen atoms in total. The number of para-hydroxylation sites is 1. The summed E-state index contributed by atoms with van der Waals surface area (Å²) in [6.45, 7) is 0. The fourth-order valence-electron chi connectivity index (χ4n) is 1.38. The van der Waals surface area contributed by atoms with Gasteiger partial charge in [0.1, 0.15) is 6.34 Å². The van der Waals surface area contributed by atoms with Crippen LogP contribution in [0.4, 0.5) is 5.69 Å². The molecule has 0 aliphatic carbocycles. The third kappa shape index (κ3) is 3.45. The van der Waals surface area contributed by atoms with Gasteiger partial charge < -0.3 is 5.32 Å². The zero-order chi connectivity index (χ0) is 12.6. The van der Waals surface area contributed by atoms with Crippen LogP contribution in [-0.2, 0) is 0 Å². The van der Waals surface area contributed by atoms with Gasteiger partial charge in [-0.1, -0.05) is 36.4 Å². The van der Waals surface area contributed by atoms with Crippen LogP contribution in [0.25, 0.3) is 0 Å². The molecule has 2 rings (SSSR count). The van der Waals surface area contributed by atoms with Gasteiger partial charge in [0.05, 0.1) is 5.69 Å². The fourth-order valence-corrected chi connectivity index (χ4v) is 1.38. The highest BCUT2D eigenvalue weighted by atomic mass is 16.1. The standard InChI is InChI=1S/C14H13N3O/c18-14(12-7-3-1-4-8-12)15-11-16-17-13-9-5-2-6-10-13/h1-11,17H,(H,15,16,18). The van der Waals surface area contributed by atoms with E-state index in [1.165, 1.54) is 6.34 Å². The zero-order valence-corrected chi connectivity index (χ0v) is 9.71. The van der Waals surface area contributed by atoms with Gasteiger partial charge in [0.25, 0.3) is 5.91 Å². The SMILES string of the molecule is O=C(NC=NNc1ccccc1)c1ccccc1. The van der Waals surface area contributed by atoms with Gasteiger partial charge in [0.2, 0.25) is 0 Å². The predicted molar refractivity (Wildman–Crippen MR) is 72.5 cm³/mol. The van der Waals surface area contributed by atoms with Crippen molar-refractivity contribution < 1.29 is 4.79 Å². The second-order valence-electron chi connectivity index (χ2n) is 3.58. The molecule has 0 aliphatic heterocycles. The first-order valence-corrected chi connectivity index (χ1v) is 5.55. The lowest BCUT2D eigenvalue weighted by atomic mass is 10.2. The molecule has 1 amide bonds. The van der Waals surface area contributed by atoms with E-state index in [1.807, 2.05) is 48.5 Å². The van der Waals surface area contributed by atoms with Crippen molar-refractivity contribution in [3.05, 3.63) is 66.2 Å². The molecule has 0 atom stereocenters. The van der Waals surface area contributed by atoms with Crippen molar-refractivity contribution in [1.82, 2.24) is 5.32 Å². The van der Waals surface area contributed by atoms with Crippen LogP contribution in [0.15, 0.2) is 65.8 Å². The van der Waals surface area contributed by atoms with Crippen molar-refractivity contribution in [1.29, 1.82) is 0 Å². The summed E-state index contributed by atoms with van der Waals surface area (Å²) in [6, 6.07) is 18.5. The lowest BCUT2D eigenvalue weighted by Gasteiger charge is -2.00. The van der Waals surface area contributed by atoms with Crippen LogP contribution in [0.1, 0.15) is 10.4 Å². The second kappa shape index (κ2) is 6.20. The Kier molecular flexibility index (Phi) is 4.08. The molecule has 2 N–H and O–H groups in total. The molecule has 0 aromatic heterocycles. The molecule has 0 spiro atoms. The number of hydrogen-bond donors (Lipinski definition) is 2. The first-order chi connectivity index (χ1) is 8.86. The van der Waals surface area contributed by atoms with Gasteiger partial charge >= 0.3 is 0 Å². The Morgan fingerprint density at radius 3 is 2.22 bits per heavy atom. The average Bonchev–Trinajstić information content (AvgIpc) is 2.45. The molecule has 0 aliphatic rings. The maximum absolute atomic E-state index is 11.6. The average molecular weight is 239 g/mol. The van der Waals surface area contributed by atoms with Crippen molar-refractivity contribution in [2.75, 3.05) is 5.43 Å². The van der Waals surface area contributed by atoms with E-state index in [4.69, 9.17) is 0 Å². The smallest absolute Gasteiger partial charge is 0.256 e. The van der Waals surface area contributed by atoms with Crippen molar-refractivity contribution in [3.63, 3.8) is 0 Å². The van der Waals surface area contributed by atoms with Gasteiger partial charge in [-0.2, -0.15) is 5.10 Å². The highest BCUT2D eigenvalue weighted by Crippen LogP contribution is 2.03. The Morgan fingerprint density at radius 1 is 0.944 bits per heavy atom. The number of nitrogens with zero attached hydrogens (tertiary/aromatic N) is 1. The summed E-state index contributed by atoms with van der Waals surface area (Å²) in [5, 5.41) is 6.48. The largest absolute Gasteiger partial charge is 0.311 e. The molecule has 0 saturated carbocycles. The number of benzene rings is 2. The van der Waals surface area contributed by atoms with Gasteiger partial charge in [-0.05, 0) is 24.3 Å². The molecular formula is C14H13N3O. The van der Waals surface area contributed by atoms with Crippen LogP contribution in [0.3, 0.4) is 0 Å². The Morgan fingerprint density at radius 2 is 1.56 bits per heavy atom. The number of carbonyl (C=O) groups excluding carboxylic acids is 1. The Labute approximate surface area is 105 Å². The highest BCUT2D eigenvalue weighted by Gasteiger charge is 2.00. The number of hydrazone groups is 1. The Bertz CT molecular complexity index is 523. The topological polar surface area (TPSA) is 53.5 Å². The van der Waals surface area contributed by atoms with Crippen molar-refractivity contribution in [3.8, 4) is 0 Å². The molecular weight excluding hydrogens is 226 g/mol. The molecule has 0 bridgehead atoms. The molecule has 18 heavy (non-hydrogen) atoms. The molecule has 90 valence electrons. The quantitative estimate of drug-likeness (QED) is 0.489. The number of anilines is 1. The third-order valence-electron chi connectivity index (χ3n) is 2.26. The number of carbonyl (C=O) groups is 1. The van der Waals surface area contributed by atoms with Crippen molar-refractivity contribution >= 4 is 17.9 Å². The van der Waals surface area contributed by atoms with E-state index in [0.717, 1.165) is 5.69 Å². The normalized spacial score (nSPS) is 10.2. The molecule has 2 aromatic rings. The molecule has 0 unspecified atom stereocenters. The number of hydrogen-bond acceptors (Lipinski definition) is 3. The van der Waals surface area contributed by atoms with E-state index in [2.05, 4.69) is 15.8 Å². The van der Waals surface area contributed by atoms with Gasteiger partial charge in [0, 0.05) is 5.56 Å². The third-order valence-corrected chi connectivity index (χ3v) is 2.26. The molecule has 0 heterocycles. The number of amides is 1. The molecule has 0 radical (unpaired) electrons. The van der Waals surface area contributed by atoms with E-state index in [9.17, 15) is 4.79 Å². The summed E-state index contributed by atoms with van der Waals surface area (Å²) in [4.78, 5) is 11.6. The van der Waals surface area contributed by atoms with E-state index in [1.54, 1.807) is 12.1 Å². The van der Waals surface area contributed by atoms with Crippen LogP contribution < -0.4 is 10.7 Å². The summed E-state index contributed by atoms with van der Waals surface area (Å²) in [7, 11) is 0. The summed E-state index contributed by atoms with van der Waals surface area (Å²) in [5.41, 5.74) is 4.27. The van der Waals surface area contributed by atoms with Crippen molar-refractivity contribution in [2.24, 2.45) is 5.10 Å². The Balaban J connectivity index is 1.83. The molecule has 0 saturated heterocycles. The second-order valence-corrected chi connectivity index (χ2v) is 3.58. The Hall–Kier alpha value is -2.62. The summed E-state index contributed by atoms with van der Waals surface area (Å²) >= 11 is 0. The van der Waals surface area contributed by atoms with Crippen LogP contribution in [0.2, 0.25) is 0 Å². The summed E-state index contributed by atoms with van der Waals surface area (Å²) in [6.07, 6.45) is 1.34. The van der Waals surface area contributed by atoms with Crippen LogP contribution in [0.5, 0.6) is 0 Å². The number of rotatable bonds is 4. The molecule has 0 fully saturated rings. The maximum atomic E-state index is 11.6. The zero-order valence-electron chi connectivity index (χ0n) is 9.71. The van der Waals surface area contributed by atoms with Gasteiger partial charge in [-0.15, -0.1) is 0 Å². The van der Waals surface area contributed by atoms with E-state index in [-0.39, 0.29) is 5.91 Å². The highest BCUT2D eigenvalue weighted by molar-refractivity contribution is 6.00. The van der Waals surface area contributed by atoms with Gasteiger partial charge in [-0.3, -0.25) is 10.2 Å². The van der Waals surface area contributed by atoms with Crippen LogP contribution in [-0.4, -0.2) is 12.2 Å². The first-order valence-electron chi connectivity index (χ1n) is 5.55.